The molecule has 0 aromatic heterocycles. The van der Waals surface area contributed by atoms with Crippen molar-refractivity contribution in [3.8, 4) is 0 Å². The van der Waals surface area contributed by atoms with Gasteiger partial charge in [0.25, 0.3) is 0 Å². The molecule has 0 radical (unpaired) electrons. The Kier molecular flexibility index (Phi) is 1.60. The van der Waals surface area contributed by atoms with Crippen LogP contribution in [-0.4, -0.2) is 0 Å². The molecule has 98 valence electrons. The number of rotatable bonds is 0. The van der Waals surface area contributed by atoms with E-state index in [4.69, 9.17) is 0 Å². The van der Waals surface area contributed by atoms with Crippen LogP contribution in [-0.2, 0) is 0 Å². The summed E-state index contributed by atoms with van der Waals surface area (Å²) in [6.07, 6.45) is 1.45. The maximum atomic E-state index is 2.60. The van der Waals surface area contributed by atoms with Gasteiger partial charge in [-0.1, -0.05) is 62.3 Å². The van der Waals surface area contributed by atoms with Gasteiger partial charge in [0.05, 0.1) is 0 Å². The lowest BCUT2D eigenvalue weighted by molar-refractivity contribution is -0.248. The lowest BCUT2D eigenvalue weighted by atomic mass is 9.32. The molecule has 4 saturated carbocycles. The average Bonchev–Trinajstić information content (AvgIpc) is 2.40. The van der Waals surface area contributed by atoms with Crippen molar-refractivity contribution >= 4 is 0 Å². The quantitative estimate of drug-likeness (QED) is 0.545. The van der Waals surface area contributed by atoms with Gasteiger partial charge in [-0.05, 0) is 44.8 Å². The summed E-state index contributed by atoms with van der Waals surface area (Å²) in [5.41, 5.74) is 3.09. The van der Waals surface area contributed by atoms with Gasteiger partial charge in [-0.25, -0.2) is 0 Å². The molecule has 4 atom stereocenters. The molecule has 4 aliphatic carbocycles. The van der Waals surface area contributed by atoms with Crippen molar-refractivity contribution in [1.29, 1.82) is 0 Å². The van der Waals surface area contributed by atoms with E-state index in [1.807, 2.05) is 0 Å². The van der Waals surface area contributed by atoms with Crippen LogP contribution in [0.3, 0.4) is 0 Å². The van der Waals surface area contributed by atoms with E-state index in [1.54, 1.807) is 0 Å². The van der Waals surface area contributed by atoms with Crippen molar-refractivity contribution in [2.75, 3.05) is 0 Å². The van der Waals surface area contributed by atoms with Crippen molar-refractivity contribution in [2.45, 2.75) is 68.7 Å². The van der Waals surface area contributed by atoms with E-state index in [9.17, 15) is 0 Å². The van der Waals surface area contributed by atoms with Crippen molar-refractivity contribution < 1.29 is 0 Å². The van der Waals surface area contributed by atoms with Crippen LogP contribution < -0.4 is 0 Å². The molecule has 0 nitrogen and oxygen atoms in total. The summed E-state index contributed by atoms with van der Waals surface area (Å²) in [4.78, 5) is 0. The fraction of sp³-hybridized carbons (Fsp3) is 1.00. The summed E-state index contributed by atoms with van der Waals surface area (Å²) in [5.74, 6) is 0.900. The SMILES string of the molecule is CC1(C)C2C3(C)CC(C)(C3(C)C)C2(C)C1(C)C. The second-order valence-corrected chi connectivity index (χ2v) is 9.53. The third-order valence-corrected chi connectivity index (χ3v) is 9.52. The first-order valence-corrected chi connectivity index (χ1v) is 7.32. The second kappa shape index (κ2) is 2.25. The fourth-order valence-electron chi connectivity index (χ4n) is 7.47. The molecule has 0 amide bonds. The van der Waals surface area contributed by atoms with Gasteiger partial charge in [-0.3, -0.25) is 0 Å². The van der Waals surface area contributed by atoms with Crippen LogP contribution in [0.5, 0.6) is 0 Å². The van der Waals surface area contributed by atoms with Crippen LogP contribution in [0.15, 0.2) is 0 Å². The van der Waals surface area contributed by atoms with Crippen LogP contribution in [0.25, 0.3) is 0 Å². The molecule has 0 N–H and O–H groups in total. The standard InChI is InChI=1S/C17H30/c1-12(2)11-15(7)10-16(8,14(15,5)6)17(11,9)13(12,3)4/h11H,10H2,1-9H3. The maximum absolute atomic E-state index is 2.60. The van der Waals surface area contributed by atoms with E-state index in [1.165, 1.54) is 6.42 Å². The first-order chi connectivity index (χ1) is 7.32. The Labute approximate surface area is 108 Å². The lowest BCUT2D eigenvalue weighted by Crippen LogP contribution is -2.67. The minimum Gasteiger partial charge on any atom is -0.0591 e. The molecule has 4 aliphatic rings. The molecule has 0 saturated heterocycles. The monoisotopic (exact) mass is 234 g/mol. The van der Waals surface area contributed by atoms with Gasteiger partial charge in [0, 0.05) is 0 Å². The van der Waals surface area contributed by atoms with Crippen LogP contribution in [0.1, 0.15) is 68.7 Å². The molecule has 4 rings (SSSR count). The van der Waals surface area contributed by atoms with E-state index in [0.717, 1.165) is 5.92 Å². The smallest absolute Gasteiger partial charge is 0.0171 e. The second-order valence-electron chi connectivity index (χ2n) is 9.53. The van der Waals surface area contributed by atoms with Crippen LogP contribution in [0.4, 0.5) is 0 Å². The van der Waals surface area contributed by atoms with Crippen LogP contribution in [0, 0.1) is 38.4 Å². The van der Waals surface area contributed by atoms with Gasteiger partial charge in [-0.15, -0.1) is 0 Å². The molecule has 0 aromatic rings. The summed E-state index contributed by atoms with van der Waals surface area (Å²) in [5, 5.41) is 0. The van der Waals surface area contributed by atoms with Gasteiger partial charge >= 0.3 is 0 Å². The molecule has 0 spiro atoms. The lowest BCUT2D eigenvalue weighted by Gasteiger charge is -2.72. The Hall–Kier alpha value is 0. The molecular weight excluding hydrogens is 204 g/mol. The molecule has 0 heteroatoms. The third-order valence-electron chi connectivity index (χ3n) is 9.52. The number of hydrogen-bond donors (Lipinski definition) is 0. The van der Waals surface area contributed by atoms with Crippen molar-refractivity contribution in [2.24, 2.45) is 38.4 Å². The van der Waals surface area contributed by atoms with Crippen molar-refractivity contribution in [3.63, 3.8) is 0 Å². The van der Waals surface area contributed by atoms with E-state index in [0.29, 0.717) is 32.5 Å². The average molecular weight is 234 g/mol. The summed E-state index contributed by atoms with van der Waals surface area (Å²) in [6.45, 7) is 22.9. The Bertz CT molecular complexity index is 414. The minimum atomic E-state index is 0.463. The van der Waals surface area contributed by atoms with Crippen LogP contribution >= 0.6 is 0 Å². The fourth-order valence-corrected chi connectivity index (χ4v) is 7.47. The highest BCUT2D eigenvalue weighted by atomic mass is 15.0. The van der Waals surface area contributed by atoms with Crippen LogP contribution in [0.2, 0.25) is 0 Å². The Morgan fingerprint density at radius 3 is 1.53 bits per heavy atom. The highest BCUT2D eigenvalue weighted by Crippen LogP contribution is 2.98. The minimum absolute atomic E-state index is 0.463. The molecular formula is C17H30. The summed E-state index contributed by atoms with van der Waals surface area (Å²) < 4.78 is 0. The zero-order valence-electron chi connectivity index (χ0n) is 13.3. The molecule has 0 aliphatic heterocycles. The van der Waals surface area contributed by atoms with E-state index < -0.39 is 0 Å². The predicted molar refractivity (Wildman–Crippen MR) is 73.8 cm³/mol. The summed E-state index contributed by atoms with van der Waals surface area (Å²) >= 11 is 0. The van der Waals surface area contributed by atoms with Gasteiger partial charge in [0.1, 0.15) is 0 Å². The van der Waals surface area contributed by atoms with Gasteiger partial charge < -0.3 is 0 Å². The molecule has 0 heterocycles. The van der Waals surface area contributed by atoms with Crippen molar-refractivity contribution in [1.82, 2.24) is 0 Å². The topological polar surface area (TPSA) is 0 Å². The Balaban J connectivity index is 2.26. The zero-order valence-corrected chi connectivity index (χ0v) is 13.3. The Morgan fingerprint density at radius 2 is 1.18 bits per heavy atom. The van der Waals surface area contributed by atoms with E-state index in [2.05, 4.69) is 62.3 Å². The zero-order chi connectivity index (χ0) is 13.3. The van der Waals surface area contributed by atoms with Gasteiger partial charge in [-0.2, -0.15) is 0 Å². The third kappa shape index (κ3) is 0.659. The molecule has 2 bridgehead atoms. The highest BCUT2D eigenvalue weighted by molar-refractivity contribution is 5.39. The number of hydrogen-bond acceptors (Lipinski definition) is 0. The normalized spacial score (nSPS) is 60.2. The van der Waals surface area contributed by atoms with Crippen molar-refractivity contribution in [3.05, 3.63) is 0 Å². The molecule has 4 unspecified atom stereocenters. The largest absolute Gasteiger partial charge is 0.0591 e. The predicted octanol–water partition coefficient (Wildman–Crippen LogP) is 5.13. The summed E-state index contributed by atoms with van der Waals surface area (Å²) in [7, 11) is 0. The summed E-state index contributed by atoms with van der Waals surface area (Å²) in [6, 6.07) is 0. The maximum Gasteiger partial charge on any atom is -0.0171 e. The Morgan fingerprint density at radius 1 is 0.706 bits per heavy atom. The first-order valence-electron chi connectivity index (χ1n) is 7.32. The first kappa shape index (κ1) is 12.1. The van der Waals surface area contributed by atoms with E-state index in [-0.39, 0.29) is 0 Å². The van der Waals surface area contributed by atoms with Gasteiger partial charge in [0.15, 0.2) is 0 Å². The molecule has 17 heavy (non-hydrogen) atoms. The highest BCUT2D eigenvalue weighted by Gasteiger charge is 2.92. The molecule has 4 fully saturated rings. The molecule has 0 aromatic carbocycles. The van der Waals surface area contributed by atoms with E-state index >= 15 is 0 Å². The van der Waals surface area contributed by atoms with Gasteiger partial charge in [0.2, 0.25) is 0 Å².